The van der Waals surface area contributed by atoms with Crippen LogP contribution in [0.25, 0.3) is 16.9 Å². The Labute approximate surface area is 212 Å². The highest BCUT2D eigenvalue weighted by molar-refractivity contribution is 7.14. The van der Waals surface area contributed by atoms with Crippen LogP contribution in [0.3, 0.4) is 0 Å². The second kappa shape index (κ2) is 10.3. The topological polar surface area (TPSA) is 82.5 Å². The number of hydrogen-bond acceptors (Lipinski definition) is 6. The average Bonchev–Trinajstić information content (AvgIpc) is 3.43. The number of rotatable bonds is 7. The number of nitrogens with one attached hydrogen (secondary N) is 1. The monoisotopic (exact) mass is 509 g/mol. The SMILES string of the molecule is COc1ccc(Cl)cc1-n1c(C)cc(C(=O)O[C@@H](C)C(=O)Nc2nc(-c3ccccc3)cs2)c1C. The van der Waals surface area contributed by atoms with Crippen molar-refractivity contribution >= 4 is 39.9 Å². The van der Waals surface area contributed by atoms with Crippen LogP contribution in [0.2, 0.25) is 5.02 Å². The second-order valence-corrected chi connectivity index (χ2v) is 9.17. The van der Waals surface area contributed by atoms with E-state index in [4.69, 9.17) is 21.1 Å². The number of carbonyl (C=O) groups excluding carboxylic acids is 2. The van der Waals surface area contributed by atoms with Gasteiger partial charge in [0.05, 0.1) is 24.1 Å². The van der Waals surface area contributed by atoms with E-state index in [-0.39, 0.29) is 0 Å². The highest BCUT2D eigenvalue weighted by Crippen LogP contribution is 2.31. The Morgan fingerprint density at radius 1 is 1.11 bits per heavy atom. The lowest BCUT2D eigenvalue weighted by Crippen LogP contribution is -2.30. The van der Waals surface area contributed by atoms with Crippen LogP contribution >= 0.6 is 22.9 Å². The van der Waals surface area contributed by atoms with Gasteiger partial charge in [0.1, 0.15) is 5.75 Å². The Morgan fingerprint density at radius 2 is 1.86 bits per heavy atom. The van der Waals surface area contributed by atoms with Gasteiger partial charge in [0.2, 0.25) is 0 Å². The number of anilines is 1. The predicted molar refractivity (Wildman–Crippen MR) is 138 cm³/mol. The summed E-state index contributed by atoms with van der Waals surface area (Å²) in [6, 6.07) is 16.7. The van der Waals surface area contributed by atoms with Gasteiger partial charge < -0.3 is 14.0 Å². The molecule has 0 saturated heterocycles. The smallest absolute Gasteiger partial charge is 0.340 e. The van der Waals surface area contributed by atoms with E-state index < -0.39 is 18.0 Å². The molecule has 1 amide bonds. The van der Waals surface area contributed by atoms with Gasteiger partial charge in [0.15, 0.2) is 11.2 Å². The number of carbonyl (C=O) groups is 2. The lowest BCUT2D eigenvalue weighted by Gasteiger charge is -2.15. The summed E-state index contributed by atoms with van der Waals surface area (Å²) in [5, 5.41) is 5.56. The van der Waals surface area contributed by atoms with Crippen LogP contribution in [0, 0.1) is 13.8 Å². The molecular weight excluding hydrogens is 486 g/mol. The summed E-state index contributed by atoms with van der Waals surface area (Å²) < 4.78 is 12.8. The lowest BCUT2D eigenvalue weighted by atomic mass is 10.2. The number of thiazole rings is 1. The van der Waals surface area contributed by atoms with Crippen molar-refractivity contribution in [2.75, 3.05) is 12.4 Å². The van der Waals surface area contributed by atoms with E-state index in [0.29, 0.717) is 32.8 Å². The van der Waals surface area contributed by atoms with Crippen LogP contribution in [0.15, 0.2) is 60.0 Å². The molecule has 0 saturated carbocycles. The number of hydrogen-bond donors (Lipinski definition) is 1. The fourth-order valence-electron chi connectivity index (χ4n) is 3.74. The minimum atomic E-state index is -1.02. The molecular formula is C26H24ClN3O4S. The number of aryl methyl sites for hydroxylation is 1. The van der Waals surface area contributed by atoms with Crippen LogP contribution in [0.1, 0.15) is 28.7 Å². The van der Waals surface area contributed by atoms with Crippen molar-refractivity contribution in [3.63, 3.8) is 0 Å². The molecule has 0 aliphatic carbocycles. The Kier molecular flexibility index (Phi) is 7.23. The van der Waals surface area contributed by atoms with Gasteiger partial charge in [-0.05, 0) is 45.0 Å². The maximum Gasteiger partial charge on any atom is 0.340 e. The largest absolute Gasteiger partial charge is 0.495 e. The Balaban J connectivity index is 1.47. The summed E-state index contributed by atoms with van der Waals surface area (Å²) in [5.41, 5.74) is 4.22. The van der Waals surface area contributed by atoms with E-state index in [1.54, 1.807) is 38.3 Å². The molecule has 0 bridgehead atoms. The van der Waals surface area contributed by atoms with Crippen LogP contribution in [0.5, 0.6) is 5.75 Å². The van der Waals surface area contributed by atoms with Gasteiger partial charge in [0.25, 0.3) is 5.91 Å². The highest BCUT2D eigenvalue weighted by Gasteiger charge is 2.24. The number of methoxy groups -OCH3 is 1. The third-order valence-corrected chi connectivity index (χ3v) is 6.48. The minimum Gasteiger partial charge on any atom is -0.495 e. The Morgan fingerprint density at radius 3 is 2.57 bits per heavy atom. The lowest BCUT2D eigenvalue weighted by molar-refractivity contribution is -0.123. The summed E-state index contributed by atoms with van der Waals surface area (Å²) in [6.45, 7) is 5.19. The molecule has 0 unspecified atom stereocenters. The van der Waals surface area contributed by atoms with Gasteiger partial charge in [-0.15, -0.1) is 11.3 Å². The van der Waals surface area contributed by atoms with E-state index in [9.17, 15) is 9.59 Å². The van der Waals surface area contributed by atoms with E-state index in [1.807, 2.05) is 47.2 Å². The molecule has 9 heteroatoms. The van der Waals surface area contributed by atoms with E-state index in [1.165, 1.54) is 18.3 Å². The summed E-state index contributed by atoms with van der Waals surface area (Å²) in [7, 11) is 1.57. The van der Waals surface area contributed by atoms with E-state index >= 15 is 0 Å². The fraction of sp³-hybridized carbons (Fsp3) is 0.192. The number of aromatic nitrogens is 2. The Hall–Kier alpha value is -3.62. The first-order valence-electron chi connectivity index (χ1n) is 10.8. The summed E-state index contributed by atoms with van der Waals surface area (Å²) >= 11 is 7.50. The summed E-state index contributed by atoms with van der Waals surface area (Å²) in [6.07, 6.45) is -1.02. The van der Waals surface area contributed by atoms with Gasteiger partial charge in [-0.2, -0.15) is 0 Å². The maximum absolute atomic E-state index is 13.0. The second-order valence-electron chi connectivity index (χ2n) is 7.88. The third kappa shape index (κ3) is 5.23. The van der Waals surface area contributed by atoms with Crippen molar-refractivity contribution in [3.05, 3.63) is 82.0 Å². The zero-order valence-electron chi connectivity index (χ0n) is 19.7. The van der Waals surface area contributed by atoms with Crippen LogP contribution in [-0.4, -0.2) is 34.6 Å². The van der Waals surface area contributed by atoms with Crippen molar-refractivity contribution in [1.29, 1.82) is 0 Å². The molecule has 7 nitrogen and oxygen atoms in total. The van der Waals surface area contributed by atoms with Gasteiger partial charge in [-0.25, -0.2) is 9.78 Å². The molecule has 0 radical (unpaired) electrons. The van der Waals surface area contributed by atoms with E-state index in [0.717, 1.165) is 17.0 Å². The zero-order valence-corrected chi connectivity index (χ0v) is 21.2. The van der Waals surface area contributed by atoms with Crippen molar-refractivity contribution in [1.82, 2.24) is 9.55 Å². The van der Waals surface area contributed by atoms with Crippen molar-refractivity contribution < 1.29 is 19.1 Å². The van der Waals surface area contributed by atoms with Gasteiger partial charge in [-0.3, -0.25) is 10.1 Å². The number of nitrogens with zero attached hydrogens (tertiary/aromatic N) is 2. The van der Waals surface area contributed by atoms with Crippen LogP contribution in [-0.2, 0) is 9.53 Å². The third-order valence-electron chi connectivity index (χ3n) is 5.49. The predicted octanol–water partition coefficient (Wildman–Crippen LogP) is 6.06. The van der Waals surface area contributed by atoms with Gasteiger partial charge >= 0.3 is 5.97 Å². The van der Waals surface area contributed by atoms with Crippen molar-refractivity contribution in [2.45, 2.75) is 26.9 Å². The summed E-state index contributed by atoms with van der Waals surface area (Å²) in [4.78, 5) is 30.1. The first-order valence-corrected chi connectivity index (χ1v) is 12.1. The average molecular weight is 510 g/mol. The first kappa shape index (κ1) is 24.5. The molecule has 2 heterocycles. The highest BCUT2D eigenvalue weighted by atomic mass is 35.5. The number of esters is 1. The summed E-state index contributed by atoms with van der Waals surface area (Å²) in [5.74, 6) is -0.447. The fourth-order valence-corrected chi connectivity index (χ4v) is 4.62. The molecule has 1 N–H and O–H groups in total. The quantitative estimate of drug-likeness (QED) is 0.306. The molecule has 4 rings (SSSR count). The minimum absolute atomic E-state index is 0.352. The Bertz CT molecular complexity index is 1380. The molecule has 35 heavy (non-hydrogen) atoms. The van der Waals surface area contributed by atoms with Gasteiger partial charge in [-0.1, -0.05) is 41.9 Å². The number of amides is 1. The van der Waals surface area contributed by atoms with Crippen molar-refractivity contribution in [3.8, 4) is 22.7 Å². The van der Waals surface area contributed by atoms with Gasteiger partial charge in [0, 0.05) is 27.4 Å². The molecule has 180 valence electrons. The maximum atomic E-state index is 13.0. The molecule has 0 aliphatic rings. The molecule has 0 aliphatic heterocycles. The molecule has 1 atom stereocenters. The number of ether oxygens (including phenoxy) is 2. The van der Waals surface area contributed by atoms with E-state index in [2.05, 4.69) is 10.3 Å². The molecule has 4 aromatic rings. The zero-order chi connectivity index (χ0) is 25.1. The first-order chi connectivity index (χ1) is 16.8. The molecule has 0 fully saturated rings. The van der Waals surface area contributed by atoms with Crippen LogP contribution in [0.4, 0.5) is 5.13 Å². The molecule has 0 spiro atoms. The van der Waals surface area contributed by atoms with Crippen LogP contribution < -0.4 is 10.1 Å². The molecule has 2 aromatic heterocycles. The number of halogens is 1. The van der Waals surface area contributed by atoms with Crippen molar-refractivity contribution in [2.24, 2.45) is 0 Å². The normalized spacial score (nSPS) is 11.7. The molecule has 2 aromatic carbocycles. The standard InChI is InChI=1S/C26H24ClN3O4S/c1-15-12-20(16(2)30(15)22-13-19(27)10-11-23(22)33-4)25(32)34-17(3)24(31)29-26-28-21(14-35-26)18-8-6-5-7-9-18/h5-14,17H,1-4H3,(H,28,29,31)/t17-/m0/s1. The number of benzene rings is 2.